The van der Waals surface area contributed by atoms with Crippen LogP contribution in [0, 0.1) is 11.7 Å². The first-order valence-electron chi connectivity index (χ1n) is 13.6. The maximum Gasteiger partial charge on any atom is 0.322 e. The van der Waals surface area contributed by atoms with E-state index in [4.69, 9.17) is 11.6 Å². The lowest BCUT2D eigenvalue weighted by Gasteiger charge is -2.34. The van der Waals surface area contributed by atoms with Gasteiger partial charge in [-0.2, -0.15) is 0 Å². The van der Waals surface area contributed by atoms with Gasteiger partial charge in [0.2, 0.25) is 5.91 Å². The van der Waals surface area contributed by atoms with Crippen molar-refractivity contribution in [2.24, 2.45) is 5.92 Å². The monoisotopic (exact) mass is 541 g/mol. The maximum atomic E-state index is 13.7. The zero-order chi connectivity index (χ0) is 26.9. The fraction of sp³-hybridized carbons (Fsp3) is 0.517. The lowest BCUT2D eigenvalue weighted by Crippen LogP contribution is -2.47. The van der Waals surface area contributed by atoms with Gasteiger partial charge in [-0.15, -0.1) is 0 Å². The van der Waals surface area contributed by atoms with Gasteiger partial charge in [0.1, 0.15) is 5.82 Å². The van der Waals surface area contributed by atoms with Crippen LogP contribution in [0.5, 0.6) is 0 Å². The highest BCUT2D eigenvalue weighted by Crippen LogP contribution is 2.65. The lowest BCUT2D eigenvalue weighted by molar-refractivity contribution is -0.114. The number of benzene rings is 2. The molecule has 9 heteroatoms. The van der Waals surface area contributed by atoms with Crippen LogP contribution < -0.4 is 10.6 Å². The molecule has 2 saturated carbocycles. The minimum atomic E-state index is -0.506. The standard InChI is InChI=1S/C29H37ClFN5O2/c1-20(37)32-22-6-3-5-21(17-22)29-10-9-27(24(29)19-29)36(12-4-11-35-15-13-34(2)14-16-35)28(38)33-23-7-8-26(31)25(30)18-23/h3,5-8,17-18,24,27H,4,9-16,19H2,1-2H3,(H,32,37)(H,33,38)/t24-,27-,29+/m1/s1. The third-order valence-corrected chi connectivity index (χ3v) is 8.83. The summed E-state index contributed by atoms with van der Waals surface area (Å²) in [5, 5.41) is 5.86. The molecule has 3 fully saturated rings. The van der Waals surface area contributed by atoms with E-state index in [9.17, 15) is 14.0 Å². The van der Waals surface area contributed by atoms with E-state index in [1.165, 1.54) is 24.6 Å². The van der Waals surface area contributed by atoms with Gasteiger partial charge in [0.15, 0.2) is 0 Å². The van der Waals surface area contributed by atoms with Gasteiger partial charge in [0.25, 0.3) is 0 Å². The minimum Gasteiger partial charge on any atom is -0.326 e. The fourth-order valence-electron chi connectivity index (χ4n) is 6.41. The summed E-state index contributed by atoms with van der Waals surface area (Å²) in [4.78, 5) is 32.0. The molecule has 2 aromatic rings. The normalized spacial score (nSPS) is 25.1. The Morgan fingerprint density at radius 3 is 2.58 bits per heavy atom. The van der Waals surface area contributed by atoms with E-state index in [0.29, 0.717) is 18.2 Å². The Morgan fingerprint density at radius 1 is 1.11 bits per heavy atom. The van der Waals surface area contributed by atoms with Crippen LogP contribution in [-0.4, -0.2) is 79.0 Å². The van der Waals surface area contributed by atoms with Gasteiger partial charge in [0.05, 0.1) is 5.02 Å². The molecule has 3 aliphatic rings. The Morgan fingerprint density at radius 2 is 1.87 bits per heavy atom. The van der Waals surface area contributed by atoms with Crippen molar-refractivity contribution in [3.8, 4) is 0 Å². The zero-order valence-electron chi connectivity index (χ0n) is 22.2. The van der Waals surface area contributed by atoms with Crippen LogP contribution in [-0.2, 0) is 10.2 Å². The van der Waals surface area contributed by atoms with Crippen molar-refractivity contribution < 1.29 is 14.0 Å². The zero-order valence-corrected chi connectivity index (χ0v) is 22.9. The van der Waals surface area contributed by atoms with E-state index >= 15 is 0 Å². The van der Waals surface area contributed by atoms with Crippen molar-refractivity contribution >= 4 is 34.9 Å². The van der Waals surface area contributed by atoms with Crippen LogP contribution in [0.2, 0.25) is 5.02 Å². The minimum absolute atomic E-state index is 0.00875. The van der Waals surface area contributed by atoms with E-state index < -0.39 is 5.82 Å². The molecule has 0 aromatic heterocycles. The van der Waals surface area contributed by atoms with E-state index in [1.54, 1.807) is 6.07 Å². The summed E-state index contributed by atoms with van der Waals surface area (Å²) in [5.74, 6) is -0.213. The van der Waals surface area contributed by atoms with Gasteiger partial charge < -0.3 is 25.3 Å². The van der Waals surface area contributed by atoms with Gasteiger partial charge in [-0.05, 0) is 81.1 Å². The SMILES string of the molecule is CC(=O)Nc1cccc([C@@]23CC[C@@H](N(CCCN4CCN(C)CC4)C(=O)Nc4ccc(F)c(Cl)c4)[C@H]2C3)c1. The van der Waals surface area contributed by atoms with E-state index in [1.807, 2.05) is 17.0 Å². The number of halogens is 2. The van der Waals surface area contributed by atoms with Crippen LogP contribution >= 0.6 is 11.6 Å². The van der Waals surface area contributed by atoms with Crippen LogP contribution in [0.15, 0.2) is 42.5 Å². The largest absolute Gasteiger partial charge is 0.326 e. The number of fused-ring (bicyclic) bond motifs is 1. The van der Waals surface area contributed by atoms with Crippen molar-refractivity contribution in [3.05, 3.63) is 58.9 Å². The van der Waals surface area contributed by atoms with Gasteiger partial charge in [-0.3, -0.25) is 4.79 Å². The molecule has 0 spiro atoms. The molecular weight excluding hydrogens is 505 g/mol. The molecule has 0 unspecified atom stereocenters. The molecule has 7 nitrogen and oxygen atoms in total. The van der Waals surface area contributed by atoms with Gasteiger partial charge in [-0.25, -0.2) is 9.18 Å². The second kappa shape index (κ2) is 11.2. The summed E-state index contributed by atoms with van der Waals surface area (Å²) in [6.45, 7) is 7.38. The van der Waals surface area contributed by atoms with Crippen molar-refractivity contribution in [1.29, 1.82) is 0 Å². The number of anilines is 2. The second-order valence-electron chi connectivity index (χ2n) is 11.1. The second-order valence-corrected chi connectivity index (χ2v) is 11.5. The molecule has 0 bridgehead atoms. The lowest BCUT2D eigenvalue weighted by atomic mass is 9.93. The Kier molecular flexibility index (Phi) is 7.93. The number of carbonyl (C=O) groups excluding carboxylic acids is 2. The van der Waals surface area contributed by atoms with Crippen LogP contribution in [0.25, 0.3) is 0 Å². The number of amides is 3. The third-order valence-electron chi connectivity index (χ3n) is 8.54. The summed E-state index contributed by atoms with van der Waals surface area (Å²) in [6, 6.07) is 12.4. The van der Waals surface area contributed by atoms with E-state index in [2.05, 4.69) is 39.6 Å². The number of urea groups is 1. The summed E-state index contributed by atoms with van der Waals surface area (Å²) in [6.07, 6.45) is 3.87. The molecule has 1 saturated heterocycles. The number of piperazine rings is 1. The van der Waals surface area contributed by atoms with Gasteiger partial charge in [-0.1, -0.05) is 23.7 Å². The topological polar surface area (TPSA) is 67.9 Å². The summed E-state index contributed by atoms with van der Waals surface area (Å²) < 4.78 is 13.7. The van der Waals surface area contributed by atoms with Crippen LogP contribution in [0.4, 0.5) is 20.6 Å². The highest BCUT2D eigenvalue weighted by molar-refractivity contribution is 6.31. The first-order valence-corrected chi connectivity index (χ1v) is 13.9. The first kappa shape index (κ1) is 26.9. The van der Waals surface area contributed by atoms with Crippen molar-refractivity contribution in [3.63, 3.8) is 0 Å². The number of likely N-dealkylation sites (N-methyl/N-ethyl adjacent to an activating group) is 1. The molecular formula is C29H37ClFN5O2. The molecule has 2 aromatic carbocycles. The molecule has 38 heavy (non-hydrogen) atoms. The van der Waals surface area contributed by atoms with E-state index in [0.717, 1.165) is 64.1 Å². The molecule has 3 atom stereocenters. The van der Waals surface area contributed by atoms with Crippen molar-refractivity contribution in [1.82, 2.24) is 14.7 Å². The molecule has 3 amide bonds. The smallest absolute Gasteiger partial charge is 0.322 e. The molecule has 2 N–H and O–H groups in total. The molecule has 1 heterocycles. The Bertz CT molecular complexity index is 1190. The quantitative estimate of drug-likeness (QED) is 0.492. The highest BCUT2D eigenvalue weighted by Gasteiger charge is 2.64. The number of hydrogen-bond acceptors (Lipinski definition) is 4. The average molecular weight is 542 g/mol. The molecule has 5 rings (SSSR count). The fourth-order valence-corrected chi connectivity index (χ4v) is 6.59. The number of nitrogens with one attached hydrogen (secondary N) is 2. The van der Waals surface area contributed by atoms with Crippen LogP contribution in [0.1, 0.15) is 38.2 Å². The van der Waals surface area contributed by atoms with Gasteiger partial charge in [0, 0.05) is 62.5 Å². The number of carbonyl (C=O) groups is 2. The maximum absolute atomic E-state index is 13.7. The van der Waals surface area contributed by atoms with Crippen molar-refractivity contribution in [2.75, 3.05) is 56.9 Å². The van der Waals surface area contributed by atoms with Gasteiger partial charge >= 0.3 is 6.03 Å². The average Bonchev–Trinajstić information content (AvgIpc) is 3.51. The van der Waals surface area contributed by atoms with Crippen LogP contribution in [0.3, 0.4) is 0 Å². The number of rotatable bonds is 8. The predicted molar refractivity (Wildman–Crippen MR) is 149 cm³/mol. The number of hydrogen-bond donors (Lipinski definition) is 2. The Labute approximate surface area is 229 Å². The summed E-state index contributed by atoms with van der Waals surface area (Å²) in [5.41, 5.74) is 2.59. The molecule has 1 aliphatic heterocycles. The third kappa shape index (κ3) is 5.82. The summed E-state index contributed by atoms with van der Waals surface area (Å²) in [7, 11) is 2.15. The predicted octanol–water partition coefficient (Wildman–Crippen LogP) is 5.03. The Hall–Kier alpha value is -2.68. The molecule has 2 aliphatic carbocycles. The first-order chi connectivity index (χ1) is 18.2. The van der Waals surface area contributed by atoms with Crippen molar-refractivity contribution in [2.45, 2.75) is 44.1 Å². The highest BCUT2D eigenvalue weighted by atomic mass is 35.5. The number of nitrogens with zero attached hydrogens (tertiary/aromatic N) is 3. The van der Waals surface area contributed by atoms with E-state index in [-0.39, 0.29) is 28.4 Å². The molecule has 0 radical (unpaired) electrons. The molecule has 204 valence electrons. The summed E-state index contributed by atoms with van der Waals surface area (Å²) >= 11 is 5.97. The Balaban J connectivity index is 1.30.